The zero-order valence-electron chi connectivity index (χ0n) is 12.1. The summed E-state index contributed by atoms with van der Waals surface area (Å²) in [5.74, 6) is 2.75. The first-order valence-electron chi connectivity index (χ1n) is 8.05. The molecule has 1 saturated heterocycles. The highest BCUT2D eigenvalue weighted by atomic mass is 16.5. The van der Waals surface area contributed by atoms with Gasteiger partial charge in [0.1, 0.15) is 0 Å². The highest BCUT2D eigenvalue weighted by Crippen LogP contribution is 2.48. The summed E-state index contributed by atoms with van der Waals surface area (Å²) in [6.45, 7) is 3.41. The van der Waals surface area contributed by atoms with E-state index in [-0.39, 0.29) is 5.60 Å². The van der Waals surface area contributed by atoms with Gasteiger partial charge in [0.2, 0.25) is 0 Å². The molecule has 2 heteroatoms. The molecule has 0 aromatic carbocycles. The second-order valence-electron chi connectivity index (χ2n) is 7.04. The smallest absolute Gasteiger partial charge is 0.0685 e. The predicted octanol–water partition coefficient (Wildman–Crippen LogP) is 3.36. The van der Waals surface area contributed by atoms with E-state index in [9.17, 15) is 0 Å². The minimum atomic E-state index is 0.272. The van der Waals surface area contributed by atoms with Crippen molar-refractivity contribution in [3.63, 3.8) is 0 Å². The van der Waals surface area contributed by atoms with Gasteiger partial charge in [-0.1, -0.05) is 26.2 Å². The summed E-state index contributed by atoms with van der Waals surface area (Å²) >= 11 is 0. The second kappa shape index (κ2) is 5.13. The molecule has 0 radical (unpaired) electrons. The van der Waals surface area contributed by atoms with Gasteiger partial charge in [0.05, 0.1) is 5.60 Å². The van der Waals surface area contributed by atoms with Gasteiger partial charge < -0.3 is 10.1 Å². The monoisotopic (exact) mass is 251 g/mol. The highest BCUT2D eigenvalue weighted by Gasteiger charge is 2.46. The molecule has 2 saturated carbocycles. The Balaban J connectivity index is 1.65. The molecule has 3 fully saturated rings. The summed E-state index contributed by atoms with van der Waals surface area (Å²) in [6.07, 6.45) is 10.9. The van der Waals surface area contributed by atoms with Gasteiger partial charge in [0.25, 0.3) is 0 Å². The summed E-state index contributed by atoms with van der Waals surface area (Å²) < 4.78 is 6.23. The summed E-state index contributed by atoms with van der Waals surface area (Å²) in [4.78, 5) is 0. The zero-order valence-corrected chi connectivity index (χ0v) is 12.1. The third-order valence-electron chi connectivity index (χ3n) is 5.77. The fourth-order valence-electron chi connectivity index (χ4n) is 4.57. The van der Waals surface area contributed by atoms with Crippen molar-refractivity contribution in [1.82, 2.24) is 5.32 Å². The van der Waals surface area contributed by atoms with E-state index in [1.165, 1.54) is 51.4 Å². The summed E-state index contributed by atoms with van der Waals surface area (Å²) in [5, 5.41) is 3.63. The highest BCUT2D eigenvalue weighted by molar-refractivity contribution is 4.99. The molecule has 1 aliphatic heterocycles. The Labute approximate surface area is 112 Å². The minimum Gasteiger partial charge on any atom is -0.375 e. The lowest BCUT2D eigenvalue weighted by Crippen LogP contribution is -2.48. The van der Waals surface area contributed by atoms with Gasteiger partial charge >= 0.3 is 0 Å². The third kappa shape index (κ3) is 2.46. The molecule has 4 unspecified atom stereocenters. The van der Waals surface area contributed by atoms with Crippen molar-refractivity contribution in [2.45, 2.75) is 69.9 Å². The van der Waals surface area contributed by atoms with Crippen molar-refractivity contribution >= 4 is 0 Å². The number of hydrogen-bond acceptors (Lipinski definition) is 2. The molecule has 2 aliphatic carbocycles. The van der Waals surface area contributed by atoms with Crippen molar-refractivity contribution in [3.05, 3.63) is 0 Å². The molecule has 1 heterocycles. The van der Waals surface area contributed by atoms with Crippen LogP contribution < -0.4 is 5.32 Å². The molecular formula is C16H29NO. The van der Waals surface area contributed by atoms with Gasteiger partial charge in [0, 0.05) is 12.6 Å². The van der Waals surface area contributed by atoms with Crippen molar-refractivity contribution in [1.29, 1.82) is 0 Å². The Morgan fingerprint density at radius 1 is 1.22 bits per heavy atom. The van der Waals surface area contributed by atoms with Crippen LogP contribution in [-0.2, 0) is 4.74 Å². The van der Waals surface area contributed by atoms with Crippen LogP contribution >= 0.6 is 0 Å². The van der Waals surface area contributed by atoms with Gasteiger partial charge in [-0.3, -0.25) is 0 Å². The number of hydrogen-bond donors (Lipinski definition) is 1. The molecule has 18 heavy (non-hydrogen) atoms. The van der Waals surface area contributed by atoms with Crippen molar-refractivity contribution in [2.75, 3.05) is 13.7 Å². The zero-order chi connectivity index (χ0) is 12.6. The molecule has 0 amide bonds. The Kier molecular flexibility index (Phi) is 3.68. The van der Waals surface area contributed by atoms with E-state index in [0.717, 1.165) is 30.4 Å². The van der Waals surface area contributed by atoms with E-state index in [2.05, 4.69) is 19.3 Å². The Bertz CT molecular complexity index is 279. The van der Waals surface area contributed by atoms with Crippen LogP contribution in [0.3, 0.4) is 0 Å². The largest absolute Gasteiger partial charge is 0.375 e. The lowest BCUT2D eigenvalue weighted by Gasteiger charge is -2.45. The minimum absolute atomic E-state index is 0.272. The van der Waals surface area contributed by atoms with E-state index < -0.39 is 0 Å². The molecule has 104 valence electrons. The second-order valence-corrected chi connectivity index (χ2v) is 7.04. The fourth-order valence-corrected chi connectivity index (χ4v) is 4.57. The van der Waals surface area contributed by atoms with Crippen LogP contribution in [0, 0.1) is 17.8 Å². The van der Waals surface area contributed by atoms with E-state index in [1.807, 2.05) is 0 Å². The molecule has 1 N–H and O–H groups in total. The van der Waals surface area contributed by atoms with Crippen LogP contribution in [0.15, 0.2) is 0 Å². The Morgan fingerprint density at radius 2 is 1.94 bits per heavy atom. The molecule has 3 aliphatic rings. The molecule has 0 aromatic heterocycles. The molecule has 2 nitrogen and oxygen atoms in total. The van der Waals surface area contributed by atoms with E-state index >= 15 is 0 Å². The van der Waals surface area contributed by atoms with Crippen LogP contribution in [0.4, 0.5) is 0 Å². The van der Waals surface area contributed by atoms with Crippen molar-refractivity contribution in [2.24, 2.45) is 17.8 Å². The van der Waals surface area contributed by atoms with Gasteiger partial charge in [0.15, 0.2) is 0 Å². The maximum atomic E-state index is 6.23. The van der Waals surface area contributed by atoms with E-state index in [0.29, 0.717) is 0 Å². The fraction of sp³-hybridized carbons (Fsp3) is 1.00. The first-order valence-corrected chi connectivity index (χ1v) is 8.05. The van der Waals surface area contributed by atoms with Gasteiger partial charge in [-0.2, -0.15) is 0 Å². The van der Waals surface area contributed by atoms with Crippen LogP contribution in [0.2, 0.25) is 0 Å². The predicted molar refractivity (Wildman–Crippen MR) is 74.6 cm³/mol. The maximum absolute atomic E-state index is 6.23. The average molecular weight is 251 g/mol. The van der Waals surface area contributed by atoms with E-state index in [1.54, 1.807) is 0 Å². The molecule has 3 rings (SSSR count). The first-order chi connectivity index (χ1) is 8.74. The number of ether oxygens (including phenoxy) is 1. The molecule has 0 bridgehead atoms. The standard InChI is InChI=1S/C16H29NO/c1-12-10-14(12)15(17-2)13-6-9-18-16(11-13)7-4-3-5-8-16/h12-15,17H,3-11H2,1-2H3. The first kappa shape index (κ1) is 12.9. The molecule has 0 aromatic rings. The maximum Gasteiger partial charge on any atom is 0.0685 e. The Morgan fingerprint density at radius 3 is 2.56 bits per heavy atom. The SMILES string of the molecule is CNC(C1CCOC2(CCCCC2)C1)C1CC1C. The Hall–Kier alpha value is -0.0800. The summed E-state index contributed by atoms with van der Waals surface area (Å²) in [6, 6.07) is 0.753. The van der Waals surface area contributed by atoms with Gasteiger partial charge in [-0.25, -0.2) is 0 Å². The van der Waals surface area contributed by atoms with Gasteiger partial charge in [-0.15, -0.1) is 0 Å². The normalized spacial score (nSPS) is 40.7. The molecule has 1 spiro atoms. The molecular weight excluding hydrogens is 222 g/mol. The summed E-state index contributed by atoms with van der Waals surface area (Å²) in [5.41, 5.74) is 0.272. The van der Waals surface area contributed by atoms with Crippen LogP contribution in [0.1, 0.15) is 58.3 Å². The lowest BCUT2D eigenvalue weighted by molar-refractivity contribution is -0.122. The van der Waals surface area contributed by atoms with Gasteiger partial charge in [-0.05, 0) is 56.9 Å². The number of rotatable bonds is 3. The van der Waals surface area contributed by atoms with Crippen LogP contribution in [-0.4, -0.2) is 25.3 Å². The summed E-state index contributed by atoms with van der Waals surface area (Å²) in [7, 11) is 2.17. The molecule has 4 atom stereocenters. The lowest BCUT2D eigenvalue weighted by atomic mass is 9.73. The third-order valence-corrected chi connectivity index (χ3v) is 5.77. The van der Waals surface area contributed by atoms with Crippen LogP contribution in [0.5, 0.6) is 0 Å². The van der Waals surface area contributed by atoms with E-state index in [4.69, 9.17) is 4.74 Å². The van der Waals surface area contributed by atoms with Crippen molar-refractivity contribution < 1.29 is 4.74 Å². The quantitative estimate of drug-likeness (QED) is 0.830. The van der Waals surface area contributed by atoms with Crippen LogP contribution in [0.25, 0.3) is 0 Å². The average Bonchev–Trinajstić information content (AvgIpc) is 3.08. The van der Waals surface area contributed by atoms with Crippen molar-refractivity contribution in [3.8, 4) is 0 Å². The topological polar surface area (TPSA) is 21.3 Å². The number of nitrogens with one attached hydrogen (secondary N) is 1.